The summed E-state index contributed by atoms with van der Waals surface area (Å²) in [7, 11) is 0. The molecule has 18 heavy (non-hydrogen) atoms. The van der Waals surface area contributed by atoms with Crippen molar-refractivity contribution < 1.29 is 5.11 Å². The van der Waals surface area contributed by atoms with Crippen molar-refractivity contribution in [3.05, 3.63) is 20.3 Å². The molecule has 0 amide bonds. The van der Waals surface area contributed by atoms with Gasteiger partial charge in [0.1, 0.15) is 0 Å². The lowest BCUT2D eigenvalue weighted by Crippen LogP contribution is -1.94. The first-order chi connectivity index (χ1) is 8.65. The molecule has 1 unspecified atom stereocenters. The second-order valence-corrected chi connectivity index (χ2v) is 7.43. The van der Waals surface area contributed by atoms with Crippen molar-refractivity contribution in [3.63, 3.8) is 0 Å². The molecule has 0 saturated carbocycles. The number of rotatable bonds is 9. The third kappa shape index (κ3) is 5.85. The molecule has 0 radical (unpaired) electrons. The van der Waals surface area contributed by atoms with Crippen LogP contribution in [0.3, 0.4) is 0 Å². The minimum Gasteiger partial charge on any atom is -0.388 e. The van der Waals surface area contributed by atoms with Gasteiger partial charge in [-0.25, -0.2) is 0 Å². The van der Waals surface area contributed by atoms with E-state index in [4.69, 9.17) is 0 Å². The Hall–Kier alpha value is 0.140. The van der Waals surface area contributed by atoms with Crippen LogP contribution in [0.25, 0.3) is 0 Å². The van der Waals surface area contributed by atoms with Crippen molar-refractivity contribution >= 4 is 27.3 Å². The standard InChI is InChI=1S/C15H25BrOS/c1-3-4-5-6-7-8-9-10-13(17)14-11-12(2)15(16)18-14/h11,13,17H,3-10H2,1-2H3. The number of hydrogen-bond acceptors (Lipinski definition) is 2. The van der Waals surface area contributed by atoms with E-state index < -0.39 is 0 Å². The molecular weight excluding hydrogens is 308 g/mol. The summed E-state index contributed by atoms with van der Waals surface area (Å²) >= 11 is 5.17. The molecule has 0 aliphatic rings. The summed E-state index contributed by atoms with van der Waals surface area (Å²) in [5.41, 5.74) is 1.23. The van der Waals surface area contributed by atoms with Gasteiger partial charge in [-0.15, -0.1) is 11.3 Å². The van der Waals surface area contributed by atoms with E-state index in [0.717, 1.165) is 21.5 Å². The highest BCUT2D eigenvalue weighted by Crippen LogP contribution is 2.33. The number of aliphatic hydroxyl groups excluding tert-OH is 1. The summed E-state index contributed by atoms with van der Waals surface area (Å²) in [6.07, 6.45) is 9.75. The second kappa shape index (κ2) is 9.11. The highest BCUT2D eigenvalue weighted by molar-refractivity contribution is 9.11. The summed E-state index contributed by atoms with van der Waals surface area (Å²) in [4.78, 5) is 1.10. The van der Waals surface area contributed by atoms with Gasteiger partial charge in [-0.2, -0.15) is 0 Å². The Balaban J connectivity index is 2.12. The van der Waals surface area contributed by atoms with E-state index in [-0.39, 0.29) is 6.10 Å². The Labute approximate surface area is 124 Å². The van der Waals surface area contributed by atoms with E-state index in [2.05, 4.69) is 35.8 Å². The molecule has 3 heteroatoms. The van der Waals surface area contributed by atoms with Crippen LogP contribution in [0.1, 0.15) is 74.8 Å². The number of hydrogen-bond donors (Lipinski definition) is 1. The molecule has 0 saturated heterocycles. The third-order valence-corrected chi connectivity index (χ3v) is 5.52. The summed E-state index contributed by atoms with van der Waals surface area (Å²) in [5.74, 6) is 0. The van der Waals surface area contributed by atoms with Crippen LogP contribution in [0.5, 0.6) is 0 Å². The van der Waals surface area contributed by atoms with Gasteiger partial charge in [0, 0.05) is 4.88 Å². The van der Waals surface area contributed by atoms with E-state index in [9.17, 15) is 5.11 Å². The van der Waals surface area contributed by atoms with Gasteiger partial charge < -0.3 is 5.11 Å². The quantitative estimate of drug-likeness (QED) is 0.550. The van der Waals surface area contributed by atoms with Crippen LogP contribution in [-0.2, 0) is 0 Å². The molecule has 1 N–H and O–H groups in total. The normalized spacial score (nSPS) is 12.9. The molecule has 1 aromatic rings. The fourth-order valence-corrected chi connectivity index (χ4v) is 3.68. The Morgan fingerprint density at radius 3 is 2.33 bits per heavy atom. The zero-order valence-corrected chi connectivity index (χ0v) is 13.9. The molecule has 0 fully saturated rings. The Bertz CT molecular complexity index is 316. The first kappa shape index (κ1) is 16.2. The maximum atomic E-state index is 10.1. The van der Waals surface area contributed by atoms with Gasteiger partial charge in [-0.05, 0) is 40.9 Å². The maximum Gasteiger partial charge on any atom is 0.0882 e. The highest BCUT2D eigenvalue weighted by atomic mass is 79.9. The molecule has 1 aromatic heterocycles. The predicted octanol–water partition coefficient (Wildman–Crippen LogP) is 5.99. The Kier molecular flexibility index (Phi) is 8.20. The zero-order valence-electron chi connectivity index (χ0n) is 11.5. The van der Waals surface area contributed by atoms with Crippen molar-refractivity contribution in [1.29, 1.82) is 0 Å². The summed E-state index contributed by atoms with van der Waals surface area (Å²) in [6, 6.07) is 2.10. The molecule has 0 aliphatic heterocycles. The van der Waals surface area contributed by atoms with E-state index in [0.29, 0.717) is 0 Å². The molecule has 1 rings (SSSR count). The van der Waals surface area contributed by atoms with Crippen LogP contribution < -0.4 is 0 Å². The average Bonchev–Trinajstić information content (AvgIpc) is 2.68. The van der Waals surface area contributed by atoms with Crippen LogP contribution in [-0.4, -0.2) is 5.11 Å². The minimum atomic E-state index is -0.268. The smallest absolute Gasteiger partial charge is 0.0882 e. The topological polar surface area (TPSA) is 20.2 Å². The van der Waals surface area contributed by atoms with Gasteiger partial charge in [0.2, 0.25) is 0 Å². The van der Waals surface area contributed by atoms with Gasteiger partial charge >= 0.3 is 0 Å². The summed E-state index contributed by atoms with van der Waals surface area (Å²) < 4.78 is 1.15. The van der Waals surface area contributed by atoms with Crippen molar-refractivity contribution in [2.45, 2.75) is 71.3 Å². The maximum absolute atomic E-state index is 10.1. The van der Waals surface area contributed by atoms with Gasteiger partial charge in [0.15, 0.2) is 0 Å². The van der Waals surface area contributed by atoms with E-state index >= 15 is 0 Å². The molecule has 104 valence electrons. The average molecular weight is 333 g/mol. The fraction of sp³-hybridized carbons (Fsp3) is 0.733. The lowest BCUT2D eigenvalue weighted by Gasteiger charge is -2.07. The molecule has 0 aromatic carbocycles. The van der Waals surface area contributed by atoms with Crippen LogP contribution in [0, 0.1) is 6.92 Å². The van der Waals surface area contributed by atoms with Crippen LogP contribution in [0.2, 0.25) is 0 Å². The molecular formula is C15H25BrOS. The Morgan fingerprint density at radius 1 is 1.17 bits per heavy atom. The van der Waals surface area contributed by atoms with Gasteiger partial charge in [0.05, 0.1) is 9.89 Å². The van der Waals surface area contributed by atoms with Crippen LogP contribution in [0.15, 0.2) is 9.85 Å². The van der Waals surface area contributed by atoms with Gasteiger partial charge in [0.25, 0.3) is 0 Å². The number of halogens is 1. The molecule has 0 aliphatic carbocycles. The van der Waals surface area contributed by atoms with Crippen molar-refractivity contribution in [2.75, 3.05) is 0 Å². The highest BCUT2D eigenvalue weighted by Gasteiger charge is 2.11. The first-order valence-electron chi connectivity index (χ1n) is 7.09. The summed E-state index contributed by atoms with van der Waals surface area (Å²) in [5, 5.41) is 10.1. The largest absolute Gasteiger partial charge is 0.388 e. The molecule has 1 atom stereocenters. The SMILES string of the molecule is CCCCCCCCCC(O)c1cc(C)c(Br)s1. The van der Waals surface area contributed by atoms with E-state index in [1.54, 1.807) is 11.3 Å². The molecule has 1 nitrogen and oxygen atoms in total. The van der Waals surface area contributed by atoms with Crippen molar-refractivity contribution in [1.82, 2.24) is 0 Å². The molecule has 1 heterocycles. The first-order valence-corrected chi connectivity index (χ1v) is 8.70. The monoisotopic (exact) mass is 332 g/mol. The lowest BCUT2D eigenvalue weighted by atomic mass is 10.1. The minimum absolute atomic E-state index is 0.268. The molecule has 0 bridgehead atoms. The number of thiophene rings is 1. The van der Waals surface area contributed by atoms with E-state index in [1.807, 2.05) is 0 Å². The lowest BCUT2D eigenvalue weighted by molar-refractivity contribution is 0.167. The van der Waals surface area contributed by atoms with Crippen molar-refractivity contribution in [2.24, 2.45) is 0 Å². The predicted molar refractivity (Wildman–Crippen MR) is 84.3 cm³/mol. The fourth-order valence-electron chi connectivity index (χ4n) is 2.08. The van der Waals surface area contributed by atoms with E-state index in [1.165, 1.54) is 44.1 Å². The third-order valence-electron chi connectivity index (χ3n) is 3.29. The number of aliphatic hydroxyl groups is 1. The Morgan fingerprint density at radius 2 is 1.78 bits per heavy atom. The van der Waals surface area contributed by atoms with Crippen molar-refractivity contribution in [3.8, 4) is 0 Å². The number of aryl methyl sites for hydroxylation is 1. The van der Waals surface area contributed by atoms with Crippen LogP contribution >= 0.6 is 27.3 Å². The zero-order chi connectivity index (χ0) is 13.4. The molecule has 0 spiro atoms. The van der Waals surface area contributed by atoms with Gasteiger partial charge in [-0.1, -0.05) is 51.9 Å². The second-order valence-electron chi connectivity index (χ2n) is 5.03. The number of unbranched alkanes of at least 4 members (excludes halogenated alkanes) is 6. The summed E-state index contributed by atoms with van der Waals surface area (Å²) in [6.45, 7) is 4.32. The van der Waals surface area contributed by atoms with Gasteiger partial charge in [-0.3, -0.25) is 0 Å². The van der Waals surface area contributed by atoms with Crippen LogP contribution in [0.4, 0.5) is 0 Å².